The summed E-state index contributed by atoms with van der Waals surface area (Å²) in [6, 6.07) is 0. The number of halogens is 1. The summed E-state index contributed by atoms with van der Waals surface area (Å²) in [7, 11) is -1.78. The molecule has 0 radical (unpaired) electrons. The van der Waals surface area contributed by atoms with Crippen molar-refractivity contribution in [1.82, 2.24) is 0 Å². The lowest BCUT2D eigenvalue weighted by atomic mass is 9.82. The van der Waals surface area contributed by atoms with Crippen LogP contribution in [0.2, 0.25) is 18.1 Å². The molecule has 5 nitrogen and oxygen atoms in total. The Labute approximate surface area is 211 Å². The second-order valence-electron chi connectivity index (χ2n) is 13.2. The lowest BCUT2D eigenvalue weighted by molar-refractivity contribution is -0.205. The van der Waals surface area contributed by atoms with Crippen LogP contribution in [0.1, 0.15) is 81.1 Å². The number of hydrogen-bond acceptors (Lipinski definition) is 5. The number of aliphatic hydroxyl groups is 1. The first-order valence-corrected chi connectivity index (χ1v) is 16.4. The van der Waals surface area contributed by atoms with Crippen molar-refractivity contribution >= 4 is 24.2 Å². The molecule has 0 saturated carbocycles. The first-order chi connectivity index (χ1) is 14.8. The third-order valence-electron chi connectivity index (χ3n) is 8.63. The molecular weight excluding hydrogens is 500 g/mol. The normalized spacial score (nSPS) is 41.9. The fourth-order valence-corrected chi connectivity index (χ4v) is 5.90. The van der Waals surface area contributed by atoms with E-state index >= 15 is 0 Å². The molecule has 1 N–H and O–H groups in total. The van der Waals surface area contributed by atoms with Crippen LogP contribution in [-0.2, 0) is 18.6 Å². The van der Waals surface area contributed by atoms with Crippen LogP contribution in [0, 0.1) is 0 Å². The van der Waals surface area contributed by atoms with Crippen LogP contribution in [0.25, 0.3) is 0 Å². The average molecular weight is 548 g/mol. The molecule has 0 aromatic heterocycles. The molecule has 3 rings (SSSR count). The molecule has 33 heavy (non-hydrogen) atoms. The SMILES string of the molecule is CC1(C)O[C@](C)([C@H](O)CC[C@]2(C)O[C@H]2C=C[C@@H]2O[C@@]2(C)CO[Si](C)(C)C(C)(C)C)CC[C@H]1Br. The Kier molecular flexibility index (Phi) is 7.56. The van der Waals surface area contributed by atoms with Crippen LogP contribution in [0.15, 0.2) is 12.2 Å². The van der Waals surface area contributed by atoms with E-state index < -0.39 is 20.0 Å². The van der Waals surface area contributed by atoms with Crippen LogP contribution in [-0.4, -0.2) is 65.6 Å². The van der Waals surface area contributed by atoms with Gasteiger partial charge in [-0.25, -0.2) is 0 Å². The Morgan fingerprint density at radius 2 is 1.61 bits per heavy atom. The quantitative estimate of drug-likeness (QED) is 0.163. The Morgan fingerprint density at radius 3 is 2.15 bits per heavy atom. The van der Waals surface area contributed by atoms with Gasteiger partial charge in [0.15, 0.2) is 8.32 Å². The summed E-state index contributed by atoms with van der Waals surface area (Å²) in [5, 5.41) is 11.2. The van der Waals surface area contributed by atoms with E-state index in [1.165, 1.54) is 0 Å². The summed E-state index contributed by atoms with van der Waals surface area (Å²) in [4.78, 5) is 0.312. The van der Waals surface area contributed by atoms with Crippen molar-refractivity contribution in [2.75, 3.05) is 6.61 Å². The third kappa shape index (κ3) is 6.15. The summed E-state index contributed by atoms with van der Waals surface area (Å²) in [5.41, 5.74) is -1.26. The fourth-order valence-electron chi connectivity index (χ4n) is 4.50. The second kappa shape index (κ2) is 8.96. The fraction of sp³-hybridized carbons (Fsp3) is 0.923. The average Bonchev–Trinajstić information content (AvgIpc) is 3.54. The van der Waals surface area contributed by atoms with Gasteiger partial charge < -0.3 is 23.7 Å². The molecule has 0 unspecified atom stereocenters. The Morgan fingerprint density at radius 1 is 1.06 bits per heavy atom. The molecule has 3 aliphatic rings. The van der Waals surface area contributed by atoms with Crippen LogP contribution in [0.5, 0.6) is 0 Å². The predicted molar refractivity (Wildman–Crippen MR) is 140 cm³/mol. The molecule has 3 saturated heterocycles. The molecule has 0 bridgehead atoms. The van der Waals surface area contributed by atoms with E-state index in [9.17, 15) is 5.11 Å². The smallest absolute Gasteiger partial charge is 0.192 e. The maximum Gasteiger partial charge on any atom is 0.192 e. The molecule has 3 heterocycles. The lowest BCUT2D eigenvalue weighted by Gasteiger charge is -2.48. The van der Waals surface area contributed by atoms with E-state index in [4.69, 9.17) is 18.6 Å². The van der Waals surface area contributed by atoms with E-state index in [0.29, 0.717) is 17.9 Å². The van der Waals surface area contributed by atoms with E-state index in [1.807, 2.05) is 6.92 Å². The molecule has 0 aromatic carbocycles. The van der Waals surface area contributed by atoms with Gasteiger partial charge in [-0.05, 0) is 78.4 Å². The minimum Gasteiger partial charge on any atom is -0.414 e. The second-order valence-corrected chi connectivity index (χ2v) is 19.1. The summed E-state index contributed by atoms with van der Waals surface area (Å²) in [6.45, 7) is 22.5. The molecule has 3 fully saturated rings. The zero-order valence-corrected chi connectivity index (χ0v) is 25.0. The van der Waals surface area contributed by atoms with Gasteiger partial charge in [0.25, 0.3) is 0 Å². The minimum atomic E-state index is -1.78. The summed E-state index contributed by atoms with van der Waals surface area (Å²) < 4.78 is 24.7. The van der Waals surface area contributed by atoms with E-state index in [1.54, 1.807) is 0 Å². The van der Waals surface area contributed by atoms with Crippen molar-refractivity contribution in [3.63, 3.8) is 0 Å². The van der Waals surface area contributed by atoms with Gasteiger partial charge in [-0.15, -0.1) is 0 Å². The van der Waals surface area contributed by atoms with Gasteiger partial charge in [0, 0.05) is 4.83 Å². The molecule has 0 spiro atoms. The zero-order valence-electron chi connectivity index (χ0n) is 22.5. The molecule has 0 amide bonds. The van der Waals surface area contributed by atoms with Gasteiger partial charge in [-0.3, -0.25) is 0 Å². The Balaban J connectivity index is 1.44. The monoisotopic (exact) mass is 546 g/mol. The highest BCUT2D eigenvalue weighted by molar-refractivity contribution is 9.09. The predicted octanol–water partition coefficient (Wildman–Crippen LogP) is 6.13. The maximum absolute atomic E-state index is 11.0. The van der Waals surface area contributed by atoms with Crippen LogP contribution in [0.4, 0.5) is 0 Å². The maximum atomic E-state index is 11.0. The van der Waals surface area contributed by atoms with Gasteiger partial charge in [0.1, 0.15) is 17.8 Å². The van der Waals surface area contributed by atoms with Crippen LogP contribution >= 0.6 is 15.9 Å². The largest absolute Gasteiger partial charge is 0.414 e. The minimum absolute atomic E-state index is 0.0721. The molecule has 192 valence electrons. The van der Waals surface area contributed by atoms with E-state index in [2.05, 4.69) is 89.6 Å². The van der Waals surface area contributed by atoms with Crippen molar-refractivity contribution in [1.29, 1.82) is 0 Å². The van der Waals surface area contributed by atoms with Gasteiger partial charge in [-0.1, -0.05) is 48.9 Å². The topological polar surface area (TPSA) is 63.8 Å². The van der Waals surface area contributed by atoms with Crippen molar-refractivity contribution in [3.05, 3.63) is 12.2 Å². The number of alkyl halides is 1. The standard InChI is InChI=1S/C26H47BrO5Si/c1-22(2,3)33(9,10)29-17-26(8)21(31-26)12-11-20-25(7,30-20)16-14-19(28)24(6)15-13-18(27)23(4,5)32-24/h11-12,18-21,28H,13-17H2,1-10H3/t18-,19-,20+,21+,24+,25+,26+/m1/s1. The lowest BCUT2D eigenvalue weighted by Crippen LogP contribution is -2.55. The number of hydrogen-bond donors (Lipinski definition) is 1. The van der Waals surface area contributed by atoms with Crippen molar-refractivity contribution < 1.29 is 23.7 Å². The van der Waals surface area contributed by atoms with Gasteiger partial charge in [0.05, 0.1) is 29.5 Å². The summed E-state index contributed by atoms with van der Waals surface area (Å²) >= 11 is 3.72. The van der Waals surface area contributed by atoms with Crippen molar-refractivity contribution in [2.24, 2.45) is 0 Å². The Bertz CT molecular complexity index is 749. The zero-order chi connectivity index (χ0) is 25.1. The van der Waals surface area contributed by atoms with Crippen LogP contribution < -0.4 is 0 Å². The molecule has 3 aliphatic heterocycles. The number of epoxide rings is 2. The highest BCUT2D eigenvalue weighted by atomic mass is 79.9. The van der Waals surface area contributed by atoms with Gasteiger partial charge in [-0.2, -0.15) is 0 Å². The number of aliphatic hydroxyl groups excluding tert-OH is 1. The molecule has 0 aromatic rings. The first-order valence-electron chi connectivity index (χ1n) is 12.5. The number of ether oxygens (including phenoxy) is 3. The molecule has 7 atom stereocenters. The molecule has 7 heteroatoms. The van der Waals surface area contributed by atoms with Crippen molar-refractivity contribution in [2.45, 2.75) is 145 Å². The first kappa shape index (κ1) is 27.8. The highest BCUT2D eigenvalue weighted by Crippen LogP contribution is 2.47. The van der Waals surface area contributed by atoms with Crippen molar-refractivity contribution in [3.8, 4) is 0 Å². The third-order valence-corrected chi connectivity index (χ3v) is 14.7. The van der Waals surface area contributed by atoms with Crippen LogP contribution in [0.3, 0.4) is 0 Å². The molecular formula is C26H47BrO5Si. The molecule has 0 aliphatic carbocycles. The van der Waals surface area contributed by atoms with E-state index in [-0.39, 0.29) is 34.0 Å². The number of rotatable bonds is 9. The summed E-state index contributed by atoms with van der Waals surface area (Å²) in [6.07, 6.45) is 7.22. The van der Waals surface area contributed by atoms with Gasteiger partial charge >= 0.3 is 0 Å². The highest BCUT2D eigenvalue weighted by Gasteiger charge is 2.55. The van der Waals surface area contributed by atoms with E-state index in [0.717, 1.165) is 19.3 Å². The Hall–Kier alpha value is 0.237. The summed E-state index contributed by atoms with van der Waals surface area (Å²) in [5.74, 6) is 0. The van der Waals surface area contributed by atoms with Gasteiger partial charge in [0.2, 0.25) is 0 Å².